The molecule has 1 aliphatic rings. The molecule has 1 saturated carbocycles. The average Bonchev–Trinajstić information content (AvgIpc) is 2.47. The molecule has 0 spiro atoms. The number of carbonyl (C=O) groups excluding carboxylic acids is 1. The fraction of sp³-hybridized carbons (Fsp3) is 0.643. The maximum Gasteiger partial charge on any atom is 0.451 e. The van der Waals surface area contributed by atoms with E-state index >= 15 is 0 Å². The van der Waals surface area contributed by atoms with Gasteiger partial charge in [-0.05, 0) is 12.8 Å². The number of Topliss-reactive ketones (excluding diaryl/α,β-unsaturated/α-hetero) is 1. The highest BCUT2D eigenvalue weighted by molar-refractivity contribution is 5.79. The number of hydrogen-bond acceptors (Lipinski definition) is 5. The van der Waals surface area contributed by atoms with Gasteiger partial charge in [0.25, 0.3) is 0 Å². The largest absolute Gasteiger partial charge is 0.474 e. The highest BCUT2D eigenvalue weighted by Crippen LogP contribution is 2.30. The van der Waals surface area contributed by atoms with Crippen LogP contribution in [-0.4, -0.2) is 33.6 Å². The molecule has 122 valence electrons. The van der Waals surface area contributed by atoms with Crippen molar-refractivity contribution in [2.75, 3.05) is 6.61 Å². The van der Waals surface area contributed by atoms with E-state index in [1.165, 1.54) is 6.07 Å². The summed E-state index contributed by atoms with van der Waals surface area (Å²) in [4.78, 5) is 18.0. The van der Waals surface area contributed by atoms with Gasteiger partial charge in [0, 0.05) is 24.8 Å². The van der Waals surface area contributed by atoms with Gasteiger partial charge >= 0.3 is 6.18 Å². The fourth-order valence-corrected chi connectivity index (χ4v) is 2.18. The quantitative estimate of drug-likeness (QED) is 0.923. The third kappa shape index (κ3) is 4.16. The van der Waals surface area contributed by atoms with Gasteiger partial charge in [-0.25, -0.2) is 4.98 Å². The first-order valence-corrected chi connectivity index (χ1v) is 7.05. The lowest BCUT2D eigenvalue weighted by atomic mass is 9.96. The second kappa shape index (κ2) is 6.60. The van der Waals surface area contributed by atoms with E-state index in [0.717, 1.165) is 0 Å². The van der Waals surface area contributed by atoms with Crippen LogP contribution in [0.1, 0.15) is 50.0 Å². The minimum Gasteiger partial charge on any atom is -0.474 e. The summed E-state index contributed by atoms with van der Waals surface area (Å²) in [7, 11) is 0. The van der Waals surface area contributed by atoms with Crippen LogP contribution in [0.2, 0.25) is 0 Å². The number of ketones is 1. The Morgan fingerprint density at radius 2 is 2.00 bits per heavy atom. The summed E-state index contributed by atoms with van der Waals surface area (Å²) in [6.07, 6.45) is -3.36. The molecule has 1 aliphatic carbocycles. The number of ether oxygens (including phenoxy) is 1. The molecule has 8 heteroatoms. The Balaban J connectivity index is 2.23. The average molecular weight is 318 g/mol. The Bertz CT molecular complexity index is 539. The Labute approximate surface area is 125 Å². The van der Waals surface area contributed by atoms with Crippen molar-refractivity contribution >= 4 is 5.78 Å². The number of rotatable bonds is 4. The number of halogens is 3. The minimum atomic E-state index is -4.69. The third-order valence-corrected chi connectivity index (χ3v) is 3.53. The second-order valence-corrected chi connectivity index (χ2v) is 5.39. The van der Waals surface area contributed by atoms with Gasteiger partial charge < -0.3 is 9.84 Å². The van der Waals surface area contributed by atoms with Gasteiger partial charge in [-0.15, -0.1) is 0 Å². The summed E-state index contributed by atoms with van der Waals surface area (Å²) in [6.45, 7) is 1.23. The van der Waals surface area contributed by atoms with Gasteiger partial charge in [0.1, 0.15) is 11.9 Å². The summed E-state index contributed by atoms with van der Waals surface area (Å²) in [5.41, 5.74) is 0.0757. The molecule has 0 unspecified atom stereocenters. The van der Waals surface area contributed by atoms with Gasteiger partial charge in [0.2, 0.25) is 11.7 Å². The lowest BCUT2D eigenvalue weighted by Crippen LogP contribution is -2.25. The lowest BCUT2D eigenvalue weighted by Gasteiger charge is -2.22. The molecule has 0 amide bonds. The van der Waals surface area contributed by atoms with E-state index in [-0.39, 0.29) is 30.1 Å². The molecule has 0 aromatic carbocycles. The van der Waals surface area contributed by atoms with Crippen molar-refractivity contribution in [1.29, 1.82) is 0 Å². The monoisotopic (exact) mass is 318 g/mol. The zero-order chi connectivity index (χ0) is 16.3. The molecule has 0 saturated heterocycles. The van der Waals surface area contributed by atoms with E-state index in [2.05, 4.69) is 9.97 Å². The maximum absolute atomic E-state index is 12.9. The van der Waals surface area contributed by atoms with Crippen LogP contribution in [0.25, 0.3) is 0 Å². The smallest absolute Gasteiger partial charge is 0.451 e. The van der Waals surface area contributed by atoms with Crippen LogP contribution in [0.3, 0.4) is 0 Å². The molecule has 2 rings (SSSR count). The Kier molecular flexibility index (Phi) is 5.00. The van der Waals surface area contributed by atoms with Gasteiger partial charge in [-0.1, -0.05) is 6.92 Å². The Morgan fingerprint density at radius 1 is 1.36 bits per heavy atom. The van der Waals surface area contributed by atoms with Crippen LogP contribution in [0.4, 0.5) is 13.2 Å². The SMILES string of the molecule is C[C@@H](CO)c1cc(OC2CCC(=O)CC2)nc(C(F)(F)F)n1. The number of aliphatic hydroxyl groups is 1. The van der Waals surface area contributed by atoms with Crippen LogP contribution in [0.5, 0.6) is 5.88 Å². The van der Waals surface area contributed by atoms with Crippen molar-refractivity contribution in [3.8, 4) is 5.88 Å². The van der Waals surface area contributed by atoms with Gasteiger partial charge in [0.05, 0.1) is 12.3 Å². The molecule has 0 aliphatic heterocycles. The number of aliphatic hydroxyl groups excluding tert-OH is 1. The summed E-state index contributed by atoms with van der Waals surface area (Å²) in [6, 6.07) is 1.31. The summed E-state index contributed by atoms with van der Waals surface area (Å²) in [5.74, 6) is -1.88. The minimum absolute atomic E-state index is 0.0757. The molecule has 1 heterocycles. The number of hydrogen-bond donors (Lipinski definition) is 1. The maximum atomic E-state index is 12.9. The number of carbonyl (C=O) groups is 1. The molecule has 0 bridgehead atoms. The first-order chi connectivity index (χ1) is 10.3. The van der Waals surface area contributed by atoms with Crippen molar-refractivity contribution in [1.82, 2.24) is 9.97 Å². The molecule has 22 heavy (non-hydrogen) atoms. The standard InChI is InChI=1S/C14H17F3N2O3/c1-8(7-20)11-6-12(19-13(18-11)14(15,16)17)22-10-4-2-9(21)3-5-10/h6,8,10,20H,2-5,7H2,1H3/t8-/m0/s1. The molecule has 1 aromatic rings. The number of aromatic nitrogens is 2. The van der Waals surface area contributed by atoms with Crippen molar-refractivity contribution < 1.29 is 27.8 Å². The van der Waals surface area contributed by atoms with E-state index in [4.69, 9.17) is 9.84 Å². The van der Waals surface area contributed by atoms with Gasteiger partial charge in [0.15, 0.2) is 0 Å². The Morgan fingerprint density at radius 3 is 2.55 bits per heavy atom. The lowest BCUT2D eigenvalue weighted by molar-refractivity contribution is -0.145. The molecule has 1 fully saturated rings. The molecule has 5 nitrogen and oxygen atoms in total. The van der Waals surface area contributed by atoms with Crippen LogP contribution in [0.15, 0.2) is 6.07 Å². The van der Waals surface area contributed by atoms with Crippen LogP contribution in [0, 0.1) is 0 Å². The third-order valence-electron chi connectivity index (χ3n) is 3.53. The van der Waals surface area contributed by atoms with E-state index in [1.54, 1.807) is 6.92 Å². The van der Waals surface area contributed by atoms with Crippen molar-refractivity contribution in [3.63, 3.8) is 0 Å². The Hall–Kier alpha value is -1.70. The molecular weight excluding hydrogens is 301 g/mol. The summed E-state index contributed by atoms with van der Waals surface area (Å²) in [5, 5.41) is 9.10. The van der Waals surface area contributed by atoms with E-state index < -0.39 is 17.9 Å². The molecule has 1 atom stereocenters. The number of nitrogens with zero attached hydrogens (tertiary/aromatic N) is 2. The zero-order valence-electron chi connectivity index (χ0n) is 12.1. The molecular formula is C14H17F3N2O3. The molecule has 0 radical (unpaired) electrons. The molecule has 1 aromatic heterocycles. The normalized spacial score (nSPS) is 18.3. The van der Waals surface area contributed by atoms with E-state index in [0.29, 0.717) is 25.7 Å². The second-order valence-electron chi connectivity index (χ2n) is 5.39. The predicted octanol–water partition coefficient (Wildman–Crippen LogP) is 2.48. The van der Waals surface area contributed by atoms with E-state index in [9.17, 15) is 18.0 Å². The first kappa shape index (κ1) is 16.7. The van der Waals surface area contributed by atoms with Crippen LogP contribution in [-0.2, 0) is 11.0 Å². The highest BCUT2D eigenvalue weighted by atomic mass is 19.4. The van der Waals surface area contributed by atoms with Crippen molar-refractivity contribution in [2.24, 2.45) is 0 Å². The van der Waals surface area contributed by atoms with Crippen molar-refractivity contribution in [2.45, 2.75) is 50.8 Å². The molecule has 1 N–H and O–H groups in total. The van der Waals surface area contributed by atoms with Crippen LogP contribution >= 0.6 is 0 Å². The summed E-state index contributed by atoms with van der Waals surface area (Å²) < 4.78 is 44.1. The van der Waals surface area contributed by atoms with Gasteiger partial charge in [-0.3, -0.25) is 4.79 Å². The topological polar surface area (TPSA) is 72.3 Å². The highest BCUT2D eigenvalue weighted by Gasteiger charge is 2.36. The predicted molar refractivity (Wildman–Crippen MR) is 70.4 cm³/mol. The zero-order valence-corrected chi connectivity index (χ0v) is 12.1. The van der Waals surface area contributed by atoms with E-state index in [1.807, 2.05) is 0 Å². The summed E-state index contributed by atoms with van der Waals surface area (Å²) >= 11 is 0. The van der Waals surface area contributed by atoms with Crippen molar-refractivity contribution in [3.05, 3.63) is 17.6 Å². The first-order valence-electron chi connectivity index (χ1n) is 7.05. The van der Waals surface area contributed by atoms with Gasteiger partial charge in [-0.2, -0.15) is 18.2 Å². The number of alkyl halides is 3. The fourth-order valence-electron chi connectivity index (χ4n) is 2.18. The van der Waals surface area contributed by atoms with Crippen LogP contribution < -0.4 is 4.74 Å².